The Morgan fingerprint density at radius 3 is 2.54 bits per heavy atom. The maximum absolute atomic E-state index is 12.4. The third kappa shape index (κ3) is 6.33. The summed E-state index contributed by atoms with van der Waals surface area (Å²) < 4.78 is 13.4. The van der Waals surface area contributed by atoms with Crippen molar-refractivity contribution in [3.63, 3.8) is 0 Å². The van der Waals surface area contributed by atoms with Gasteiger partial charge in [-0.2, -0.15) is 5.10 Å². The van der Waals surface area contributed by atoms with Gasteiger partial charge >= 0.3 is 5.97 Å². The van der Waals surface area contributed by atoms with Gasteiger partial charge in [0.15, 0.2) is 0 Å². The van der Waals surface area contributed by atoms with Crippen LogP contribution >= 0.6 is 0 Å². The van der Waals surface area contributed by atoms with Crippen LogP contribution in [0.4, 0.5) is 0 Å². The summed E-state index contributed by atoms with van der Waals surface area (Å²) in [6, 6.07) is 16.6. The number of hydrogen-bond donors (Lipinski definition) is 0. The van der Waals surface area contributed by atoms with Crippen molar-refractivity contribution in [3.05, 3.63) is 66.0 Å². The van der Waals surface area contributed by atoms with Crippen molar-refractivity contribution in [2.45, 2.75) is 78.2 Å². The molecule has 1 fully saturated rings. The first-order chi connectivity index (χ1) is 17.1. The van der Waals surface area contributed by atoms with Crippen LogP contribution in [0.5, 0.6) is 5.75 Å². The van der Waals surface area contributed by atoms with Crippen LogP contribution in [0, 0.1) is 5.92 Å². The van der Waals surface area contributed by atoms with E-state index >= 15 is 0 Å². The number of carbonyl (C=O) groups is 1. The highest BCUT2D eigenvalue weighted by Gasteiger charge is 2.20. The number of ether oxygens (including phenoxy) is 2. The van der Waals surface area contributed by atoms with E-state index in [-0.39, 0.29) is 12.1 Å². The van der Waals surface area contributed by atoms with Gasteiger partial charge in [0.2, 0.25) is 0 Å². The molecule has 1 heterocycles. The molecule has 4 rings (SSSR count). The van der Waals surface area contributed by atoms with E-state index in [9.17, 15) is 4.79 Å². The molecule has 0 bridgehead atoms. The zero-order chi connectivity index (χ0) is 24.6. The van der Waals surface area contributed by atoms with E-state index in [1.165, 1.54) is 32.1 Å². The Bertz CT molecular complexity index is 1110. The minimum absolute atomic E-state index is 0.210. The van der Waals surface area contributed by atoms with Crippen LogP contribution in [0.3, 0.4) is 0 Å². The molecule has 2 aromatic carbocycles. The Hall–Kier alpha value is -3.08. The van der Waals surface area contributed by atoms with Gasteiger partial charge in [-0.25, -0.2) is 9.48 Å². The Morgan fingerprint density at radius 2 is 1.80 bits per heavy atom. The molecule has 35 heavy (non-hydrogen) atoms. The van der Waals surface area contributed by atoms with E-state index < -0.39 is 0 Å². The van der Waals surface area contributed by atoms with Crippen LogP contribution in [0.15, 0.2) is 54.7 Å². The van der Waals surface area contributed by atoms with E-state index in [1.807, 2.05) is 29.8 Å². The van der Waals surface area contributed by atoms with Crippen molar-refractivity contribution in [3.8, 4) is 22.6 Å². The molecule has 5 nitrogen and oxygen atoms in total. The highest BCUT2D eigenvalue weighted by Crippen LogP contribution is 2.30. The molecular weight excluding hydrogens is 436 g/mol. The molecule has 0 amide bonds. The minimum Gasteiger partial charge on any atom is -0.491 e. The van der Waals surface area contributed by atoms with Crippen molar-refractivity contribution >= 4 is 5.97 Å². The number of nitrogens with zero attached hydrogens (tertiary/aromatic N) is 2. The highest BCUT2D eigenvalue weighted by atomic mass is 16.5. The first kappa shape index (κ1) is 25.0. The molecule has 0 saturated heterocycles. The lowest BCUT2D eigenvalue weighted by molar-refractivity contribution is 0.0525. The second kappa shape index (κ2) is 12.1. The maximum atomic E-state index is 12.4. The lowest BCUT2D eigenvalue weighted by Gasteiger charge is -2.25. The average Bonchev–Trinajstić information content (AvgIpc) is 3.29. The number of benzene rings is 2. The lowest BCUT2D eigenvalue weighted by Crippen LogP contribution is -2.18. The molecule has 0 spiro atoms. The molecular formula is C30H38N2O3. The molecule has 186 valence electrons. The van der Waals surface area contributed by atoms with Gasteiger partial charge in [0.25, 0.3) is 0 Å². The SMILES string of the molecule is CCCc1c(C(=O)OCC)cnn1-c1cccc(-c2cccc(OC(C)CC3CCCCC3)c2)c1. The van der Waals surface area contributed by atoms with E-state index in [1.54, 1.807) is 6.20 Å². The van der Waals surface area contributed by atoms with E-state index in [2.05, 4.69) is 49.3 Å². The fourth-order valence-electron chi connectivity index (χ4n) is 5.19. The summed E-state index contributed by atoms with van der Waals surface area (Å²) in [4.78, 5) is 12.4. The van der Waals surface area contributed by atoms with Crippen molar-refractivity contribution in [1.82, 2.24) is 9.78 Å². The van der Waals surface area contributed by atoms with Gasteiger partial charge in [-0.05, 0) is 68.0 Å². The van der Waals surface area contributed by atoms with Crippen LogP contribution in [-0.2, 0) is 11.2 Å². The van der Waals surface area contributed by atoms with Crippen molar-refractivity contribution < 1.29 is 14.3 Å². The molecule has 1 aromatic heterocycles. The number of esters is 1. The highest BCUT2D eigenvalue weighted by molar-refractivity contribution is 5.90. The summed E-state index contributed by atoms with van der Waals surface area (Å²) in [7, 11) is 0. The van der Waals surface area contributed by atoms with Gasteiger partial charge < -0.3 is 9.47 Å². The summed E-state index contributed by atoms with van der Waals surface area (Å²) >= 11 is 0. The smallest absolute Gasteiger partial charge is 0.341 e. The van der Waals surface area contributed by atoms with Gasteiger partial charge in [0.05, 0.1) is 30.3 Å². The zero-order valence-corrected chi connectivity index (χ0v) is 21.3. The van der Waals surface area contributed by atoms with Crippen molar-refractivity contribution in [1.29, 1.82) is 0 Å². The second-order valence-electron chi connectivity index (χ2n) is 9.63. The molecule has 3 aromatic rings. The first-order valence-corrected chi connectivity index (χ1v) is 13.2. The number of carbonyl (C=O) groups excluding carboxylic acids is 1. The quantitative estimate of drug-likeness (QED) is 0.287. The van der Waals surface area contributed by atoms with E-state index in [4.69, 9.17) is 9.47 Å². The summed E-state index contributed by atoms with van der Waals surface area (Å²) in [6.07, 6.45) is 11.4. The Morgan fingerprint density at radius 1 is 1.06 bits per heavy atom. The summed E-state index contributed by atoms with van der Waals surface area (Å²) in [5.41, 5.74) is 4.55. The molecule has 0 N–H and O–H groups in total. The predicted octanol–water partition coefficient (Wildman–Crippen LogP) is 7.41. The second-order valence-corrected chi connectivity index (χ2v) is 9.63. The van der Waals surface area contributed by atoms with Crippen LogP contribution in [0.2, 0.25) is 0 Å². The third-order valence-electron chi connectivity index (χ3n) is 6.84. The number of aromatic nitrogens is 2. The van der Waals surface area contributed by atoms with Crippen LogP contribution in [0.1, 0.15) is 81.8 Å². The molecule has 5 heteroatoms. The molecule has 1 unspecified atom stereocenters. The molecule has 1 atom stereocenters. The number of rotatable bonds is 10. The fourth-order valence-corrected chi connectivity index (χ4v) is 5.19. The number of hydrogen-bond acceptors (Lipinski definition) is 4. The van der Waals surface area contributed by atoms with Gasteiger partial charge in [-0.1, -0.05) is 69.7 Å². The molecule has 1 aliphatic rings. The molecule has 1 aliphatic carbocycles. The summed E-state index contributed by atoms with van der Waals surface area (Å²) in [5.74, 6) is 1.39. The van der Waals surface area contributed by atoms with E-state index in [0.717, 1.165) is 53.4 Å². The minimum atomic E-state index is -0.314. The van der Waals surface area contributed by atoms with Crippen LogP contribution in [0.25, 0.3) is 16.8 Å². The predicted molar refractivity (Wildman–Crippen MR) is 140 cm³/mol. The molecule has 0 aliphatic heterocycles. The third-order valence-corrected chi connectivity index (χ3v) is 6.84. The lowest BCUT2D eigenvalue weighted by atomic mass is 9.85. The Kier molecular flexibility index (Phi) is 8.62. The zero-order valence-electron chi connectivity index (χ0n) is 21.3. The molecule has 0 radical (unpaired) electrons. The van der Waals surface area contributed by atoms with Crippen LogP contribution < -0.4 is 4.74 Å². The Labute approximate surface area is 209 Å². The van der Waals surface area contributed by atoms with Gasteiger partial charge in [-0.15, -0.1) is 0 Å². The normalized spacial score (nSPS) is 15.1. The van der Waals surface area contributed by atoms with Gasteiger partial charge in [0, 0.05) is 0 Å². The van der Waals surface area contributed by atoms with Crippen molar-refractivity contribution in [2.75, 3.05) is 6.61 Å². The molecule has 1 saturated carbocycles. The van der Waals surface area contributed by atoms with Crippen LogP contribution in [-0.4, -0.2) is 28.5 Å². The average molecular weight is 475 g/mol. The largest absolute Gasteiger partial charge is 0.491 e. The van der Waals surface area contributed by atoms with Gasteiger partial charge in [0.1, 0.15) is 11.3 Å². The topological polar surface area (TPSA) is 53.3 Å². The van der Waals surface area contributed by atoms with E-state index in [0.29, 0.717) is 12.2 Å². The monoisotopic (exact) mass is 474 g/mol. The summed E-state index contributed by atoms with van der Waals surface area (Å²) in [5, 5.41) is 4.55. The Balaban J connectivity index is 1.54. The standard InChI is InChI=1S/C30H38N2O3/c1-4-11-29-28(30(33)34-5-2)21-31-32(29)26-16-9-14-24(19-26)25-15-10-17-27(20-25)35-22(3)18-23-12-7-6-8-13-23/h9-10,14-17,19-23H,4-8,11-13,18H2,1-3H3. The van der Waals surface area contributed by atoms with Crippen molar-refractivity contribution in [2.24, 2.45) is 5.92 Å². The first-order valence-electron chi connectivity index (χ1n) is 13.2. The van der Waals surface area contributed by atoms with Gasteiger partial charge in [-0.3, -0.25) is 0 Å². The fraction of sp³-hybridized carbons (Fsp3) is 0.467. The summed E-state index contributed by atoms with van der Waals surface area (Å²) in [6.45, 7) is 6.46. The maximum Gasteiger partial charge on any atom is 0.341 e.